The summed E-state index contributed by atoms with van der Waals surface area (Å²) in [6.45, 7) is 12.6. The SMILES string of the molecule is Cc1cc2c(s1)CN(c1cc(C)c(NC(=O)CC(C)C)c(C)c1)CC2. The van der Waals surface area contributed by atoms with Gasteiger partial charge in [-0.3, -0.25) is 4.79 Å². The van der Waals surface area contributed by atoms with E-state index in [1.165, 1.54) is 21.0 Å². The molecular weight excluding hydrogens is 328 g/mol. The average molecular weight is 357 g/mol. The first-order valence-electron chi connectivity index (χ1n) is 9.07. The number of thiophene rings is 1. The summed E-state index contributed by atoms with van der Waals surface area (Å²) >= 11 is 1.92. The smallest absolute Gasteiger partial charge is 0.224 e. The fraction of sp³-hybridized carbons (Fsp3) is 0.476. The third-order valence-electron chi connectivity index (χ3n) is 4.75. The summed E-state index contributed by atoms with van der Waals surface area (Å²) in [7, 11) is 0. The van der Waals surface area contributed by atoms with Gasteiger partial charge >= 0.3 is 0 Å². The fourth-order valence-corrected chi connectivity index (χ4v) is 4.67. The Morgan fingerprint density at radius 2 is 1.88 bits per heavy atom. The second-order valence-corrected chi connectivity index (χ2v) is 8.92. The highest BCUT2D eigenvalue weighted by Gasteiger charge is 2.20. The molecule has 0 saturated carbocycles. The fourth-order valence-electron chi connectivity index (χ4n) is 3.57. The molecule has 1 aliphatic rings. The van der Waals surface area contributed by atoms with Crippen molar-refractivity contribution in [1.29, 1.82) is 0 Å². The van der Waals surface area contributed by atoms with Crippen molar-refractivity contribution in [3.8, 4) is 0 Å². The molecule has 1 N–H and O–H groups in total. The molecule has 1 amide bonds. The van der Waals surface area contributed by atoms with Crippen LogP contribution in [-0.2, 0) is 17.8 Å². The third-order valence-corrected chi connectivity index (χ3v) is 5.82. The van der Waals surface area contributed by atoms with Crippen molar-refractivity contribution in [2.45, 2.75) is 54.0 Å². The highest BCUT2D eigenvalue weighted by atomic mass is 32.1. The van der Waals surface area contributed by atoms with Crippen molar-refractivity contribution < 1.29 is 4.79 Å². The molecule has 3 rings (SSSR count). The molecule has 0 unspecified atom stereocenters. The summed E-state index contributed by atoms with van der Waals surface area (Å²) in [5, 5.41) is 3.10. The Morgan fingerprint density at radius 3 is 2.52 bits per heavy atom. The van der Waals surface area contributed by atoms with Gasteiger partial charge in [-0.25, -0.2) is 0 Å². The second kappa shape index (κ2) is 7.20. The lowest BCUT2D eigenvalue weighted by molar-refractivity contribution is -0.116. The second-order valence-electron chi connectivity index (χ2n) is 7.58. The van der Waals surface area contributed by atoms with Gasteiger partial charge in [-0.2, -0.15) is 0 Å². The van der Waals surface area contributed by atoms with Crippen LogP contribution in [-0.4, -0.2) is 12.5 Å². The Bertz CT molecular complexity index is 768. The van der Waals surface area contributed by atoms with Gasteiger partial charge in [0.25, 0.3) is 0 Å². The molecule has 4 heteroatoms. The standard InChI is InChI=1S/C21H28N2OS/c1-13(2)8-20(24)22-21-14(3)9-18(10-15(21)4)23-7-6-17-11-16(5)25-19(17)12-23/h9-11,13H,6-8,12H2,1-5H3,(H,22,24). The summed E-state index contributed by atoms with van der Waals surface area (Å²) < 4.78 is 0. The van der Waals surface area contributed by atoms with Gasteiger partial charge < -0.3 is 10.2 Å². The van der Waals surface area contributed by atoms with Crippen LogP contribution in [0.5, 0.6) is 0 Å². The maximum Gasteiger partial charge on any atom is 0.224 e. The lowest BCUT2D eigenvalue weighted by Gasteiger charge is -2.30. The molecule has 1 aromatic carbocycles. The van der Waals surface area contributed by atoms with E-state index in [1.54, 1.807) is 0 Å². The van der Waals surface area contributed by atoms with Crippen molar-refractivity contribution >= 4 is 28.6 Å². The highest BCUT2D eigenvalue weighted by Crippen LogP contribution is 2.33. The summed E-state index contributed by atoms with van der Waals surface area (Å²) in [5.74, 6) is 0.474. The van der Waals surface area contributed by atoms with E-state index >= 15 is 0 Å². The van der Waals surface area contributed by atoms with Crippen LogP contribution in [0.1, 0.15) is 46.7 Å². The lowest BCUT2D eigenvalue weighted by Crippen LogP contribution is -2.29. The largest absolute Gasteiger partial charge is 0.366 e. The maximum absolute atomic E-state index is 12.1. The average Bonchev–Trinajstić information content (AvgIpc) is 2.89. The summed E-state index contributed by atoms with van der Waals surface area (Å²) in [6, 6.07) is 6.76. The van der Waals surface area contributed by atoms with E-state index in [0.717, 1.165) is 36.3 Å². The summed E-state index contributed by atoms with van der Waals surface area (Å²) in [5.41, 5.74) is 6.03. The number of carbonyl (C=O) groups is 1. The minimum absolute atomic E-state index is 0.102. The molecule has 0 radical (unpaired) electrons. The first kappa shape index (κ1) is 18.0. The monoisotopic (exact) mass is 356 g/mol. The van der Waals surface area contributed by atoms with Crippen LogP contribution >= 0.6 is 11.3 Å². The number of nitrogens with one attached hydrogen (secondary N) is 1. The normalized spacial score (nSPS) is 13.9. The first-order valence-corrected chi connectivity index (χ1v) is 9.89. The van der Waals surface area contributed by atoms with E-state index in [-0.39, 0.29) is 5.91 Å². The number of hydrogen-bond acceptors (Lipinski definition) is 3. The Balaban J connectivity index is 1.79. The molecule has 3 nitrogen and oxygen atoms in total. The number of anilines is 2. The van der Waals surface area contributed by atoms with Crippen molar-refractivity contribution in [2.75, 3.05) is 16.8 Å². The molecule has 0 bridgehead atoms. The van der Waals surface area contributed by atoms with Crippen molar-refractivity contribution in [3.05, 3.63) is 44.6 Å². The van der Waals surface area contributed by atoms with Crippen molar-refractivity contribution in [1.82, 2.24) is 0 Å². The van der Waals surface area contributed by atoms with Gasteiger partial charge in [-0.05, 0) is 68.0 Å². The van der Waals surface area contributed by atoms with Crippen LogP contribution in [0.2, 0.25) is 0 Å². The number of benzene rings is 1. The van der Waals surface area contributed by atoms with E-state index < -0.39 is 0 Å². The molecule has 0 atom stereocenters. The van der Waals surface area contributed by atoms with Crippen molar-refractivity contribution in [2.24, 2.45) is 5.92 Å². The van der Waals surface area contributed by atoms with Crippen LogP contribution < -0.4 is 10.2 Å². The maximum atomic E-state index is 12.1. The zero-order chi connectivity index (χ0) is 18.1. The first-order chi connectivity index (χ1) is 11.8. The number of hydrogen-bond donors (Lipinski definition) is 1. The van der Waals surface area contributed by atoms with E-state index in [2.05, 4.69) is 63.0 Å². The number of carbonyl (C=O) groups excluding carboxylic acids is 1. The third kappa shape index (κ3) is 4.06. The van der Waals surface area contributed by atoms with Crippen molar-refractivity contribution in [3.63, 3.8) is 0 Å². The lowest BCUT2D eigenvalue weighted by atomic mass is 10.0. The molecular formula is C21H28N2OS. The number of aryl methyl sites for hydroxylation is 3. The molecule has 2 heterocycles. The van der Waals surface area contributed by atoms with E-state index in [9.17, 15) is 4.79 Å². The number of nitrogens with zero attached hydrogens (tertiary/aromatic N) is 1. The highest BCUT2D eigenvalue weighted by molar-refractivity contribution is 7.12. The zero-order valence-electron chi connectivity index (χ0n) is 15.9. The number of amides is 1. The molecule has 0 aliphatic carbocycles. The van der Waals surface area contributed by atoms with Crippen LogP contribution in [0, 0.1) is 26.7 Å². The zero-order valence-corrected chi connectivity index (χ0v) is 16.7. The van der Waals surface area contributed by atoms with E-state index in [1.807, 2.05) is 11.3 Å². The molecule has 134 valence electrons. The van der Waals surface area contributed by atoms with Crippen LogP contribution in [0.25, 0.3) is 0 Å². The van der Waals surface area contributed by atoms with Gasteiger partial charge in [0.1, 0.15) is 0 Å². The van der Waals surface area contributed by atoms with Crippen LogP contribution in [0.4, 0.5) is 11.4 Å². The molecule has 0 saturated heterocycles. The Labute approximate surface area is 155 Å². The van der Waals surface area contributed by atoms with E-state index in [4.69, 9.17) is 0 Å². The van der Waals surface area contributed by atoms with Gasteiger partial charge in [0, 0.05) is 34.1 Å². The van der Waals surface area contributed by atoms with Gasteiger partial charge in [-0.1, -0.05) is 13.8 Å². The van der Waals surface area contributed by atoms with Gasteiger partial charge in [0.2, 0.25) is 5.91 Å². The van der Waals surface area contributed by atoms with Gasteiger partial charge in [0.05, 0.1) is 6.54 Å². The Morgan fingerprint density at radius 1 is 1.20 bits per heavy atom. The predicted molar refractivity (Wildman–Crippen MR) is 108 cm³/mol. The predicted octanol–water partition coefficient (Wildman–Crippen LogP) is 5.22. The molecule has 0 fully saturated rings. The summed E-state index contributed by atoms with van der Waals surface area (Å²) in [4.78, 5) is 17.5. The van der Waals surface area contributed by atoms with Gasteiger partial charge in [0.15, 0.2) is 0 Å². The van der Waals surface area contributed by atoms with Crippen LogP contribution in [0.3, 0.4) is 0 Å². The molecule has 0 spiro atoms. The molecule has 1 aliphatic heterocycles. The van der Waals surface area contributed by atoms with Gasteiger partial charge in [-0.15, -0.1) is 11.3 Å². The number of fused-ring (bicyclic) bond motifs is 1. The molecule has 2 aromatic rings. The van der Waals surface area contributed by atoms with Crippen LogP contribution in [0.15, 0.2) is 18.2 Å². The van der Waals surface area contributed by atoms with E-state index in [0.29, 0.717) is 12.3 Å². The molecule has 1 aromatic heterocycles. The Kier molecular flexibility index (Phi) is 5.19. The number of rotatable bonds is 4. The summed E-state index contributed by atoms with van der Waals surface area (Å²) in [6.07, 6.45) is 1.68. The topological polar surface area (TPSA) is 32.3 Å². The minimum Gasteiger partial charge on any atom is -0.366 e. The minimum atomic E-state index is 0.102. The quantitative estimate of drug-likeness (QED) is 0.814. The Hall–Kier alpha value is -1.81. The molecule has 25 heavy (non-hydrogen) atoms.